The van der Waals surface area contributed by atoms with Crippen LogP contribution in [-0.2, 0) is 4.74 Å². The molecule has 1 fully saturated rings. The van der Waals surface area contributed by atoms with E-state index < -0.39 is 0 Å². The van der Waals surface area contributed by atoms with Crippen molar-refractivity contribution in [1.82, 2.24) is 15.0 Å². The van der Waals surface area contributed by atoms with E-state index in [1.807, 2.05) is 17.0 Å². The number of methoxy groups -OCH3 is 1. The average molecular weight is 331 g/mol. The van der Waals surface area contributed by atoms with Crippen molar-refractivity contribution in [3.05, 3.63) is 41.5 Å². The van der Waals surface area contributed by atoms with Crippen LogP contribution in [-0.4, -0.2) is 54.4 Å². The lowest BCUT2D eigenvalue weighted by Gasteiger charge is -2.18. The first-order valence-electron chi connectivity index (χ1n) is 7.99. The number of hydrogen-bond acceptors (Lipinski definition) is 6. The van der Waals surface area contributed by atoms with Crippen molar-refractivity contribution in [3.63, 3.8) is 0 Å². The van der Waals surface area contributed by atoms with Gasteiger partial charge in [-0.2, -0.15) is 4.98 Å². The van der Waals surface area contributed by atoms with E-state index in [-0.39, 0.29) is 11.8 Å². The summed E-state index contributed by atoms with van der Waals surface area (Å²) < 4.78 is 15.9. The Morgan fingerprint density at radius 1 is 1.38 bits per heavy atom. The first-order chi connectivity index (χ1) is 11.7. The molecule has 1 amide bonds. The molecule has 1 aliphatic rings. The maximum absolute atomic E-state index is 12.8. The second-order valence-corrected chi connectivity index (χ2v) is 5.75. The highest BCUT2D eigenvalue weighted by Crippen LogP contribution is 2.29. The van der Waals surface area contributed by atoms with Crippen LogP contribution in [0.3, 0.4) is 0 Å². The molecule has 1 atom stereocenters. The van der Waals surface area contributed by atoms with Crippen LogP contribution in [0.5, 0.6) is 5.75 Å². The molecule has 7 heteroatoms. The Balaban J connectivity index is 1.69. The highest BCUT2D eigenvalue weighted by atomic mass is 16.5. The normalized spacial score (nSPS) is 17.2. The lowest BCUT2D eigenvalue weighted by Crippen LogP contribution is -2.29. The van der Waals surface area contributed by atoms with Crippen molar-refractivity contribution in [1.29, 1.82) is 0 Å². The van der Waals surface area contributed by atoms with Gasteiger partial charge in [0.2, 0.25) is 5.89 Å². The third kappa shape index (κ3) is 3.56. The molecule has 0 spiro atoms. The van der Waals surface area contributed by atoms with Crippen LogP contribution in [0.15, 0.2) is 28.8 Å². The van der Waals surface area contributed by atoms with Crippen molar-refractivity contribution >= 4 is 5.91 Å². The van der Waals surface area contributed by atoms with Crippen molar-refractivity contribution in [2.45, 2.75) is 19.3 Å². The predicted molar refractivity (Wildman–Crippen MR) is 86.1 cm³/mol. The third-order valence-electron chi connectivity index (χ3n) is 4.03. The molecule has 2 heterocycles. The smallest absolute Gasteiger partial charge is 0.257 e. The maximum atomic E-state index is 12.8. The quantitative estimate of drug-likeness (QED) is 0.754. The fourth-order valence-corrected chi connectivity index (χ4v) is 2.80. The second kappa shape index (κ2) is 7.44. The van der Waals surface area contributed by atoms with Gasteiger partial charge in [0.1, 0.15) is 12.4 Å². The van der Waals surface area contributed by atoms with E-state index in [1.165, 1.54) is 0 Å². The van der Waals surface area contributed by atoms with Crippen molar-refractivity contribution in [2.75, 3.05) is 33.4 Å². The van der Waals surface area contributed by atoms with Crippen LogP contribution in [0.4, 0.5) is 0 Å². The minimum Gasteiger partial charge on any atom is -0.490 e. The molecule has 7 nitrogen and oxygen atoms in total. The van der Waals surface area contributed by atoms with Gasteiger partial charge in [0.15, 0.2) is 5.82 Å². The van der Waals surface area contributed by atoms with Crippen molar-refractivity contribution < 1.29 is 18.8 Å². The number of nitrogens with zero attached hydrogens (tertiary/aromatic N) is 3. The lowest BCUT2D eigenvalue weighted by molar-refractivity contribution is 0.0782. The Kier molecular flexibility index (Phi) is 5.10. The van der Waals surface area contributed by atoms with Gasteiger partial charge in [0.25, 0.3) is 5.91 Å². The second-order valence-electron chi connectivity index (χ2n) is 5.75. The number of benzene rings is 1. The number of aryl methyl sites for hydroxylation is 1. The number of likely N-dealkylation sites (tertiary alicyclic amines) is 1. The van der Waals surface area contributed by atoms with Crippen LogP contribution < -0.4 is 4.74 Å². The molecule has 0 bridgehead atoms. The van der Waals surface area contributed by atoms with E-state index in [1.54, 1.807) is 26.2 Å². The van der Waals surface area contributed by atoms with Crippen LogP contribution in [0.1, 0.15) is 34.4 Å². The number of para-hydroxylation sites is 1. The van der Waals surface area contributed by atoms with Gasteiger partial charge in [-0.15, -0.1) is 0 Å². The summed E-state index contributed by atoms with van der Waals surface area (Å²) in [5, 5.41) is 3.82. The molecule has 128 valence electrons. The SMILES string of the molecule is COCCOc1ccccc1C(=O)N1CC[C@@H](c2nc(C)no2)C1. The summed E-state index contributed by atoms with van der Waals surface area (Å²) >= 11 is 0. The summed E-state index contributed by atoms with van der Waals surface area (Å²) in [5.74, 6) is 1.86. The molecule has 3 rings (SSSR count). The molecule has 24 heavy (non-hydrogen) atoms. The predicted octanol–water partition coefficient (Wildman–Crippen LogP) is 2.03. The van der Waals surface area contributed by atoms with Crippen LogP contribution >= 0.6 is 0 Å². The van der Waals surface area contributed by atoms with Crippen LogP contribution in [0.25, 0.3) is 0 Å². The Hall–Kier alpha value is -2.41. The monoisotopic (exact) mass is 331 g/mol. The zero-order valence-corrected chi connectivity index (χ0v) is 13.9. The van der Waals surface area contributed by atoms with E-state index in [4.69, 9.17) is 14.0 Å². The lowest BCUT2D eigenvalue weighted by atomic mass is 10.1. The van der Waals surface area contributed by atoms with Crippen molar-refractivity contribution in [2.24, 2.45) is 0 Å². The molecule has 0 unspecified atom stereocenters. The molecule has 0 radical (unpaired) electrons. The van der Waals surface area contributed by atoms with Crippen LogP contribution in [0, 0.1) is 6.92 Å². The molecule has 1 aliphatic heterocycles. The molecule has 0 N–H and O–H groups in total. The molecular formula is C17H21N3O4. The van der Waals surface area contributed by atoms with Crippen molar-refractivity contribution in [3.8, 4) is 5.75 Å². The number of rotatable bonds is 6. The summed E-state index contributed by atoms with van der Waals surface area (Å²) in [7, 11) is 1.62. The summed E-state index contributed by atoms with van der Waals surface area (Å²) in [5.41, 5.74) is 0.566. The minimum atomic E-state index is -0.0400. The van der Waals surface area contributed by atoms with Gasteiger partial charge >= 0.3 is 0 Å². The van der Waals surface area contributed by atoms with E-state index in [0.717, 1.165) is 6.42 Å². The Labute approximate surface area is 140 Å². The zero-order valence-electron chi connectivity index (χ0n) is 13.9. The fourth-order valence-electron chi connectivity index (χ4n) is 2.80. The molecular weight excluding hydrogens is 310 g/mol. The van der Waals surface area contributed by atoms with Gasteiger partial charge in [-0.05, 0) is 25.5 Å². The van der Waals surface area contributed by atoms with Gasteiger partial charge in [-0.1, -0.05) is 17.3 Å². The van der Waals surface area contributed by atoms with E-state index in [2.05, 4.69) is 10.1 Å². The fraction of sp³-hybridized carbons (Fsp3) is 0.471. The standard InChI is InChI=1S/C17H21N3O4/c1-12-18-16(24-19-12)13-7-8-20(11-13)17(21)14-5-3-4-6-15(14)23-10-9-22-2/h3-6,13H,7-11H2,1-2H3/t13-/m1/s1. The van der Waals surface area contributed by atoms with E-state index >= 15 is 0 Å². The summed E-state index contributed by atoms with van der Waals surface area (Å²) in [6.45, 7) is 3.91. The largest absolute Gasteiger partial charge is 0.490 e. The summed E-state index contributed by atoms with van der Waals surface area (Å²) in [6, 6.07) is 7.28. The minimum absolute atomic E-state index is 0.0400. The van der Waals surface area contributed by atoms with Gasteiger partial charge in [0, 0.05) is 20.2 Å². The summed E-state index contributed by atoms with van der Waals surface area (Å²) in [4.78, 5) is 18.9. The molecule has 2 aromatic rings. The highest BCUT2D eigenvalue weighted by Gasteiger charge is 2.32. The number of aromatic nitrogens is 2. The maximum Gasteiger partial charge on any atom is 0.257 e. The first-order valence-corrected chi connectivity index (χ1v) is 7.99. The topological polar surface area (TPSA) is 77.7 Å². The van der Waals surface area contributed by atoms with Gasteiger partial charge < -0.3 is 18.9 Å². The first kappa shape index (κ1) is 16.4. The molecule has 0 aliphatic carbocycles. The molecule has 1 saturated heterocycles. The molecule has 0 saturated carbocycles. The van der Waals surface area contributed by atoms with Crippen LogP contribution in [0.2, 0.25) is 0 Å². The Bertz CT molecular complexity index is 701. The number of hydrogen-bond donors (Lipinski definition) is 0. The Morgan fingerprint density at radius 3 is 2.96 bits per heavy atom. The average Bonchev–Trinajstić information content (AvgIpc) is 3.24. The zero-order chi connectivity index (χ0) is 16.9. The summed E-state index contributed by atoms with van der Waals surface area (Å²) in [6.07, 6.45) is 0.820. The van der Waals surface area contributed by atoms with Gasteiger partial charge in [0.05, 0.1) is 18.1 Å². The number of amides is 1. The number of carbonyl (C=O) groups excluding carboxylic acids is 1. The van der Waals surface area contributed by atoms with Gasteiger partial charge in [-0.25, -0.2) is 0 Å². The molecule has 1 aromatic heterocycles. The third-order valence-corrected chi connectivity index (χ3v) is 4.03. The Morgan fingerprint density at radius 2 is 2.21 bits per heavy atom. The van der Waals surface area contributed by atoms with E-state index in [9.17, 15) is 4.79 Å². The highest BCUT2D eigenvalue weighted by molar-refractivity contribution is 5.97. The van der Waals surface area contributed by atoms with Gasteiger partial charge in [-0.3, -0.25) is 4.79 Å². The molecule has 1 aromatic carbocycles. The number of carbonyl (C=O) groups is 1. The number of ether oxygens (including phenoxy) is 2. The van der Waals surface area contributed by atoms with E-state index in [0.29, 0.717) is 49.3 Å².